The van der Waals surface area contributed by atoms with Crippen molar-refractivity contribution in [1.82, 2.24) is 0 Å². The Bertz CT molecular complexity index is 2970. The Labute approximate surface area is 543 Å². The molecule has 5 saturated heterocycles. The molecule has 93 heavy (non-hydrogen) atoms. The average molecular weight is 1350 g/mol. The number of ether oxygens (including phenoxy) is 10. The fourth-order valence-corrected chi connectivity index (χ4v) is 15.0. The highest BCUT2D eigenvalue weighted by Crippen LogP contribution is 2.68. The van der Waals surface area contributed by atoms with Gasteiger partial charge in [0.2, 0.25) is 0 Å². The number of rotatable bonds is 17. The van der Waals surface area contributed by atoms with E-state index < -0.39 is 171 Å². The molecule has 15 N–H and O–H groups in total. The Morgan fingerprint density at radius 1 is 0.269 bits per heavy atom. The van der Waals surface area contributed by atoms with E-state index in [4.69, 9.17) is 47.4 Å². The normalized spacial score (nSPS) is 55.5. The monoisotopic (exact) mass is 1350 g/mol. The van der Waals surface area contributed by atoms with E-state index in [2.05, 4.69) is 13.8 Å². The second-order valence-electron chi connectivity index (χ2n) is 30.7. The Morgan fingerprint density at radius 2 is 0.430 bits per heavy atom. The van der Waals surface area contributed by atoms with Gasteiger partial charge in [-0.2, -0.15) is 0 Å². The summed E-state index contributed by atoms with van der Waals surface area (Å²) >= 11 is 0. The molecule has 0 bridgehead atoms. The molecule has 0 spiro atoms. The SMILES string of the molecule is CCCCCC.CO[C@]1(C)C(C)(C(=O)O)O[C@@](C)(O[C@@]2(C)C(C)(O)C(C)(O)[C@](C)(O[C@]3(C)C(C)(C(=O)O)O[C@@](C)(O[C@]4(C)C(C)(C(=O)O)O[C@@](C)(O[C@]5(C)C(C)(C(=O)O)OC(C)(C)C(C)(O)[C@]5(C)O)C(C)(O)C4(C)O)C(C)(O)[C@@]3(C)O)O[C@@]2(C)C(=O)O)C(C)(O)[C@]1(C)O. The van der Waals surface area contributed by atoms with Crippen LogP contribution in [0.2, 0.25) is 0 Å². The van der Waals surface area contributed by atoms with Crippen LogP contribution in [0.3, 0.4) is 0 Å². The molecule has 5 aliphatic heterocycles. The molecular weight excluding hydrogens is 1240 g/mol. The Balaban J connectivity index is 0.00000292. The molecule has 0 aromatic rings. The van der Waals surface area contributed by atoms with Crippen molar-refractivity contribution in [2.24, 2.45) is 0 Å². The maximum Gasteiger partial charge on any atom is 0.338 e. The lowest BCUT2D eigenvalue weighted by molar-refractivity contribution is -0.543. The fraction of sp³-hybridized carbons (Fsp3) is 0.921. The smallest absolute Gasteiger partial charge is 0.338 e. The van der Waals surface area contributed by atoms with Crippen molar-refractivity contribution < 1.29 is 148 Å². The van der Waals surface area contributed by atoms with E-state index in [1.807, 2.05) is 0 Å². The summed E-state index contributed by atoms with van der Waals surface area (Å²) in [7, 11) is 1.01. The zero-order chi connectivity index (χ0) is 74.3. The summed E-state index contributed by atoms with van der Waals surface area (Å²) in [6.07, 6.45) is 5.54. The molecule has 30 heteroatoms. The Morgan fingerprint density at radius 3 is 0.602 bits per heavy atom. The second-order valence-corrected chi connectivity index (χ2v) is 30.7. The predicted molar refractivity (Wildman–Crippen MR) is 323 cm³/mol. The first-order valence-corrected chi connectivity index (χ1v) is 30.8. The highest BCUT2D eigenvalue weighted by molar-refractivity contribution is 5.83. The molecule has 5 rings (SSSR count). The molecule has 30 nitrogen and oxygen atoms in total. The summed E-state index contributed by atoms with van der Waals surface area (Å²) < 4.78 is 62.4. The minimum atomic E-state index is -3.38. The third-order valence-electron chi connectivity index (χ3n) is 25.7. The van der Waals surface area contributed by atoms with Gasteiger partial charge in [0.15, 0.2) is 51.2 Å². The summed E-state index contributed by atoms with van der Waals surface area (Å²) in [6.45, 7) is 27.6. The number of hydrogen-bond donors (Lipinski definition) is 15. The zero-order valence-electron chi connectivity index (χ0n) is 59.7. The predicted octanol–water partition coefficient (Wildman–Crippen LogP) is 2.60. The van der Waals surface area contributed by atoms with Crippen LogP contribution in [0.1, 0.15) is 220 Å². The highest BCUT2D eigenvalue weighted by atomic mass is 16.8. The van der Waals surface area contributed by atoms with Crippen LogP contribution in [0.4, 0.5) is 0 Å². The number of unbranched alkanes of at least 4 members (excludes halogenated alkanes) is 3. The summed E-state index contributed by atoms with van der Waals surface area (Å²) in [4.78, 5) is 68.8. The third kappa shape index (κ3) is 9.34. The maximum absolute atomic E-state index is 14.2. The van der Waals surface area contributed by atoms with Crippen LogP contribution in [0.25, 0.3) is 0 Å². The number of hydrogen-bond acceptors (Lipinski definition) is 25. The molecule has 0 saturated carbocycles. The number of methoxy groups -OCH3 is 1. The first-order valence-electron chi connectivity index (χ1n) is 30.8. The Kier molecular flexibility index (Phi) is 19.4. The van der Waals surface area contributed by atoms with Crippen LogP contribution in [-0.4, -0.2) is 254 Å². The summed E-state index contributed by atoms with van der Waals surface area (Å²) in [5.41, 5.74) is -62.6. The molecule has 5 aliphatic rings. The van der Waals surface area contributed by atoms with Crippen molar-refractivity contribution in [2.45, 2.75) is 360 Å². The minimum absolute atomic E-state index is 0.718. The molecule has 5 fully saturated rings. The van der Waals surface area contributed by atoms with Crippen LogP contribution in [0.15, 0.2) is 0 Å². The van der Waals surface area contributed by atoms with Crippen LogP contribution >= 0.6 is 0 Å². The van der Waals surface area contributed by atoms with Gasteiger partial charge in [0.05, 0.1) is 5.60 Å². The van der Waals surface area contributed by atoms with Crippen molar-refractivity contribution in [3.05, 3.63) is 0 Å². The molecule has 24 atom stereocenters. The molecule has 0 radical (unpaired) electrons. The summed E-state index contributed by atoms with van der Waals surface area (Å²) in [5, 5.41) is 183. The molecule has 0 aromatic heterocycles. The second kappa shape index (κ2) is 22.0. The van der Waals surface area contributed by atoms with Crippen LogP contribution < -0.4 is 0 Å². The van der Waals surface area contributed by atoms with Gasteiger partial charge in [0.25, 0.3) is 0 Å². The van der Waals surface area contributed by atoms with E-state index in [0.29, 0.717) is 0 Å². The molecule has 542 valence electrons. The van der Waals surface area contributed by atoms with E-state index in [9.17, 15) is 101 Å². The van der Waals surface area contributed by atoms with Gasteiger partial charge in [-0.15, -0.1) is 0 Å². The number of carboxylic acids is 5. The lowest BCUT2D eigenvalue weighted by Gasteiger charge is -2.73. The lowest BCUT2D eigenvalue weighted by atomic mass is 9.57. The van der Waals surface area contributed by atoms with E-state index in [0.717, 1.165) is 173 Å². The van der Waals surface area contributed by atoms with E-state index in [1.165, 1.54) is 39.5 Å². The standard InChI is InChI=1S/C57H96O30.C6H14/c1-33(2)39(8,68)40(9,69)50(19,35(4,79-33)29(60)61)84-55(24)46(15,75)42(11,71)52(21,37(6,81-55)31(64)65)86-57(26)48(17,77)44(13,73)53(22,38(7,83-57)32(66)67)87-56(25)47(16,76)43(12,72)51(20,36(5,82-56)30(62)63)85-54(23)45(14,74)41(10,70)49(18,78-27)34(3,80-54)28(58)59;1-3-5-6-4-2/h68-77H,1-27H3,(H,58,59)(H,60,61)(H,62,63)(H,64,65)(H,66,67);3-6H2,1-2H3/t34?,35?,36-,37?,38?,39?,40-,41-,42?,43?,44+,45?,46?,47?,48?,49+,50+,51+,52+,53+,54-,55-,56-,57-;/m0./s1. The Hall–Kier alpha value is -3.45. The fourth-order valence-electron chi connectivity index (χ4n) is 15.0. The molecule has 11 unspecified atom stereocenters. The van der Waals surface area contributed by atoms with E-state index >= 15 is 0 Å². The summed E-state index contributed by atoms with van der Waals surface area (Å²) in [5.74, 6) is -22.6. The quantitative estimate of drug-likeness (QED) is 0.0931. The number of aliphatic carboxylic acids is 5. The molecule has 0 aliphatic carbocycles. The van der Waals surface area contributed by atoms with Gasteiger partial charge in [0.1, 0.15) is 84.0 Å². The highest BCUT2D eigenvalue weighted by Gasteiger charge is 2.89. The number of aliphatic hydroxyl groups is 10. The van der Waals surface area contributed by atoms with Crippen molar-refractivity contribution >= 4 is 29.8 Å². The van der Waals surface area contributed by atoms with Gasteiger partial charge in [0, 0.05) is 7.11 Å². The molecule has 0 amide bonds. The number of carboxylic acid groups (broad SMARTS) is 5. The van der Waals surface area contributed by atoms with Crippen molar-refractivity contribution in [3.8, 4) is 0 Å². The van der Waals surface area contributed by atoms with Crippen molar-refractivity contribution in [1.29, 1.82) is 0 Å². The first-order chi connectivity index (χ1) is 40.6. The largest absolute Gasteiger partial charge is 0.479 e. The van der Waals surface area contributed by atoms with Gasteiger partial charge in [-0.1, -0.05) is 39.5 Å². The maximum atomic E-state index is 14.2. The van der Waals surface area contributed by atoms with Crippen LogP contribution in [0, 0.1) is 0 Å². The van der Waals surface area contributed by atoms with E-state index in [1.54, 1.807) is 0 Å². The van der Waals surface area contributed by atoms with Crippen LogP contribution in [0.5, 0.6) is 0 Å². The minimum Gasteiger partial charge on any atom is -0.479 e. The van der Waals surface area contributed by atoms with Gasteiger partial charge < -0.3 is 124 Å². The summed E-state index contributed by atoms with van der Waals surface area (Å²) in [6, 6.07) is 0. The van der Waals surface area contributed by atoms with E-state index in [-0.39, 0.29) is 0 Å². The molecule has 0 aromatic carbocycles. The lowest BCUT2D eigenvalue weighted by Crippen LogP contribution is -2.93. The third-order valence-corrected chi connectivity index (χ3v) is 25.7. The van der Waals surface area contributed by atoms with Crippen molar-refractivity contribution in [3.63, 3.8) is 0 Å². The molecule has 5 heterocycles. The van der Waals surface area contributed by atoms with Gasteiger partial charge in [-0.3, -0.25) is 0 Å². The topological polar surface area (TPSA) is 481 Å². The average Bonchev–Trinajstić information content (AvgIpc) is 0.665. The van der Waals surface area contributed by atoms with Crippen molar-refractivity contribution in [2.75, 3.05) is 7.11 Å². The first kappa shape index (κ1) is 82.0. The van der Waals surface area contributed by atoms with Crippen LogP contribution in [-0.2, 0) is 71.3 Å². The van der Waals surface area contributed by atoms with Gasteiger partial charge >= 0.3 is 29.8 Å². The molecular formula is C63H110O30. The van der Waals surface area contributed by atoms with Gasteiger partial charge in [-0.05, 0) is 180 Å². The number of carbonyl (C=O) groups is 5. The van der Waals surface area contributed by atoms with Gasteiger partial charge in [-0.25, -0.2) is 24.0 Å². The zero-order valence-corrected chi connectivity index (χ0v) is 59.7.